The minimum Gasteiger partial charge on any atom is -0.329 e. The third-order valence-electron chi connectivity index (χ3n) is 4.85. The molecule has 1 rings (SSSR count). The zero-order chi connectivity index (χ0) is 15.4. The van der Waals surface area contributed by atoms with E-state index in [1.807, 2.05) is 6.92 Å². The molecule has 0 aliphatic heterocycles. The second-order valence-corrected chi connectivity index (χ2v) is 8.86. The quantitative estimate of drug-likeness (QED) is 0.786. The molecule has 0 aromatic carbocycles. The maximum atomic E-state index is 12.7. The number of hydrogen-bond acceptors (Lipinski definition) is 3. The molecule has 1 aliphatic carbocycles. The van der Waals surface area contributed by atoms with E-state index in [2.05, 4.69) is 6.92 Å². The molecule has 5 heteroatoms. The predicted molar refractivity (Wildman–Crippen MR) is 85.1 cm³/mol. The fourth-order valence-electron chi connectivity index (χ4n) is 3.27. The van der Waals surface area contributed by atoms with Crippen molar-refractivity contribution < 1.29 is 8.42 Å². The molecule has 2 N–H and O–H groups in total. The van der Waals surface area contributed by atoms with Crippen molar-refractivity contribution in [3.63, 3.8) is 0 Å². The summed E-state index contributed by atoms with van der Waals surface area (Å²) in [5.41, 5.74) is 5.70. The number of rotatable bonds is 7. The Labute approximate surface area is 125 Å². The van der Waals surface area contributed by atoms with Gasteiger partial charge in [-0.15, -0.1) is 0 Å². The molecule has 1 saturated carbocycles. The van der Waals surface area contributed by atoms with Gasteiger partial charge in [0.15, 0.2) is 0 Å². The van der Waals surface area contributed by atoms with E-state index in [-0.39, 0.29) is 10.8 Å². The minimum absolute atomic E-state index is 0.342. The van der Waals surface area contributed by atoms with Crippen LogP contribution in [0.4, 0.5) is 0 Å². The van der Waals surface area contributed by atoms with Crippen LogP contribution in [0.2, 0.25) is 0 Å². The van der Waals surface area contributed by atoms with Crippen molar-refractivity contribution in [2.45, 2.75) is 77.0 Å². The Bertz CT molecular complexity index is 385. The predicted octanol–water partition coefficient (Wildman–Crippen LogP) is 2.73. The van der Waals surface area contributed by atoms with Crippen molar-refractivity contribution in [3.8, 4) is 0 Å². The molecule has 0 saturated heterocycles. The first-order chi connectivity index (χ1) is 9.34. The van der Waals surface area contributed by atoms with Crippen molar-refractivity contribution in [2.75, 3.05) is 13.1 Å². The molecule has 0 aromatic rings. The normalized spacial score (nSPS) is 28.2. The Balaban J connectivity index is 3.05. The summed E-state index contributed by atoms with van der Waals surface area (Å²) in [6.07, 6.45) is 6.04. The Kier molecular flexibility index (Phi) is 6.48. The van der Waals surface area contributed by atoms with Crippen LogP contribution in [0.25, 0.3) is 0 Å². The zero-order valence-electron chi connectivity index (χ0n) is 13.6. The van der Waals surface area contributed by atoms with Gasteiger partial charge in [0.05, 0.1) is 5.25 Å². The third kappa shape index (κ3) is 3.55. The Morgan fingerprint density at radius 1 is 1.25 bits per heavy atom. The van der Waals surface area contributed by atoms with E-state index in [1.54, 1.807) is 18.2 Å². The Hall–Kier alpha value is -0.130. The molecule has 0 amide bonds. The van der Waals surface area contributed by atoms with Crippen molar-refractivity contribution in [1.82, 2.24) is 4.31 Å². The largest absolute Gasteiger partial charge is 0.329 e. The highest BCUT2D eigenvalue weighted by atomic mass is 32.2. The van der Waals surface area contributed by atoms with Gasteiger partial charge in [-0.2, -0.15) is 4.31 Å². The van der Waals surface area contributed by atoms with Gasteiger partial charge in [0.2, 0.25) is 10.0 Å². The SMILES string of the molecule is CCCN(C1(CN)CCC(CC)CC1)S(=O)(=O)C(C)C. The average Bonchev–Trinajstić information content (AvgIpc) is 2.44. The summed E-state index contributed by atoms with van der Waals surface area (Å²) in [5, 5.41) is -0.374. The van der Waals surface area contributed by atoms with Crippen molar-refractivity contribution in [1.29, 1.82) is 0 Å². The maximum Gasteiger partial charge on any atom is 0.216 e. The van der Waals surface area contributed by atoms with Crippen LogP contribution < -0.4 is 5.73 Å². The molecule has 120 valence electrons. The fourth-order valence-corrected chi connectivity index (χ4v) is 5.01. The highest BCUT2D eigenvalue weighted by Crippen LogP contribution is 2.39. The summed E-state index contributed by atoms with van der Waals surface area (Å²) < 4.78 is 27.2. The molecular weight excluding hydrogens is 272 g/mol. The molecule has 1 aliphatic rings. The van der Waals surface area contributed by atoms with Crippen molar-refractivity contribution in [2.24, 2.45) is 11.7 Å². The van der Waals surface area contributed by atoms with Gasteiger partial charge in [0.25, 0.3) is 0 Å². The average molecular weight is 305 g/mol. The van der Waals surface area contributed by atoms with Crippen molar-refractivity contribution in [3.05, 3.63) is 0 Å². The van der Waals surface area contributed by atoms with E-state index in [9.17, 15) is 8.42 Å². The van der Waals surface area contributed by atoms with E-state index in [1.165, 1.54) is 6.42 Å². The van der Waals surface area contributed by atoms with E-state index in [0.29, 0.717) is 13.1 Å². The second-order valence-electron chi connectivity index (χ2n) is 6.45. The molecule has 0 radical (unpaired) electrons. The van der Waals surface area contributed by atoms with Gasteiger partial charge in [0, 0.05) is 18.6 Å². The van der Waals surface area contributed by atoms with Gasteiger partial charge < -0.3 is 5.73 Å². The lowest BCUT2D eigenvalue weighted by atomic mass is 9.75. The molecule has 0 aromatic heterocycles. The first-order valence-corrected chi connectivity index (χ1v) is 9.56. The van der Waals surface area contributed by atoms with Gasteiger partial charge in [0.1, 0.15) is 0 Å². The molecule has 20 heavy (non-hydrogen) atoms. The van der Waals surface area contributed by atoms with E-state index in [4.69, 9.17) is 5.73 Å². The Morgan fingerprint density at radius 2 is 1.80 bits per heavy atom. The molecular formula is C15H32N2O2S. The first kappa shape index (κ1) is 17.9. The van der Waals surface area contributed by atoms with Crippen LogP contribution in [0.15, 0.2) is 0 Å². The van der Waals surface area contributed by atoms with E-state index < -0.39 is 10.0 Å². The lowest BCUT2D eigenvalue weighted by molar-refractivity contribution is 0.109. The van der Waals surface area contributed by atoms with Gasteiger partial charge in [-0.1, -0.05) is 20.3 Å². The van der Waals surface area contributed by atoms with Gasteiger partial charge in [-0.05, 0) is 51.9 Å². The zero-order valence-corrected chi connectivity index (χ0v) is 14.4. The maximum absolute atomic E-state index is 12.7. The number of sulfonamides is 1. The van der Waals surface area contributed by atoms with E-state index >= 15 is 0 Å². The lowest BCUT2D eigenvalue weighted by Gasteiger charge is -2.47. The van der Waals surface area contributed by atoms with Crippen LogP contribution in [0.5, 0.6) is 0 Å². The topological polar surface area (TPSA) is 63.4 Å². The van der Waals surface area contributed by atoms with Crippen molar-refractivity contribution >= 4 is 10.0 Å². The highest BCUT2D eigenvalue weighted by molar-refractivity contribution is 7.89. The molecule has 0 spiro atoms. The number of nitrogens with two attached hydrogens (primary N) is 1. The van der Waals surface area contributed by atoms with Crippen LogP contribution in [-0.2, 0) is 10.0 Å². The van der Waals surface area contributed by atoms with Gasteiger partial charge in [-0.25, -0.2) is 8.42 Å². The number of hydrogen-bond donors (Lipinski definition) is 1. The third-order valence-corrected chi connectivity index (χ3v) is 7.23. The molecule has 0 atom stereocenters. The summed E-state index contributed by atoms with van der Waals surface area (Å²) in [4.78, 5) is 0. The van der Waals surface area contributed by atoms with Crippen LogP contribution in [0, 0.1) is 5.92 Å². The summed E-state index contributed by atoms with van der Waals surface area (Å²) in [6.45, 7) is 8.81. The molecule has 0 bridgehead atoms. The van der Waals surface area contributed by atoms with Gasteiger partial charge in [-0.3, -0.25) is 0 Å². The van der Waals surface area contributed by atoms with Crippen LogP contribution in [0.1, 0.15) is 66.2 Å². The fraction of sp³-hybridized carbons (Fsp3) is 1.00. The van der Waals surface area contributed by atoms with Gasteiger partial charge >= 0.3 is 0 Å². The second kappa shape index (κ2) is 7.23. The first-order valence-electron chi connectivity index (χ1n) is 8.05. The monoisotopic (exact) mass is 304 g/mol. The summed E-state index contributed by atoms with van der Waals surface area (Å²) in [6, 6.07) is 0. The molecule has 0 unspecified atom stereocenters. The molecule has 4 nitrogen and oxygen atoms in total. The standard InChI is InChI=1S/C15H32N2O2S/c1-5-11-17(20(18,19)13(3)4)15(12-16)9-7-14(6-2)8-10-15/h13-14H,5-12,16H2,1-4H3. The summed E-state index contributed by atoms with van der Waals surface area (Å²) in [7, 11) is -3.24. The van der Waals surface area contributed by atoms with Crippen LogP contribution in [-0.4, -0.2) is 36.6 Å². The molecule has 1 fully saturated rings. The number of nitrogens with zero attached hydrogens (tertiary/aromatic N) is 1. The van der Waals surface area contributed by atoms with Crippen LogP contribution in [0.3, 0.4) is 0 Å². The summed E-state index contributed by atoms with van der Waals surface area (Å²) in [5.74, 6) is 0.736. The van der Waals surface area contributed by atoms with E-state index in [0.717, 1.165) is 38.0 Å². The smallest absolute Gasteiger partial charge is 0.216 e. The Morgan fingerprint density at radius 3 is 2.15 bits per heavy atom. The minimum atomic E-state index is -3.24. The highest BCUT2D eigenvalue weighted by Gasteiger charge is 2.44. The molecule has 0 heterocycles. The van der Waals surface area contributed by atoms with Crippen LogP contribution >= 0.6 is 0 Å². The summed E-state index contributed by atoms with van der Waals surface area (Å²) >= 11 is 0. The lowest BCUT2D eigenvalue weighted by Crippen LogP contribution is -2.59.